The smallest absolute Gasteiger partial charge is 0.497 e. The maximum atomic E-state index is 12.8. The number of ether oxygens (including phenoxy) is 2. The molecule has 0 bridgehead atoms. The van der Waals surface area contributed by atoms with Gasteiger partial charge in [0.2, 0.25) is 5.91 Å². The molecule has 1 aromatic heterocycles. The Bertz CT molecular complexity index is 1900. The number of hydrogen-bond donors (Lipinski definition) is 1. The maximum absolute atomic E-state index is 12.8. The summed E-state index contributed by atoms with van der Waals surface area (Å²) in [6.45, 7) is 3.99. The van der Waals surface area contributed by atoms with E-state index in [1.165, 1.54) is 53.5 Å². The summed E-state index contributed by atoms with van der Waals surface area (Å²) < 4.78 is 47.9. The van der Waals surface area contributed by atoms with Gasteiger partial charge < -0.3 is 14.8 Å². The number of hydrogen-bond acceptors (Lipinski definition) is 8. The van der Waals surface area contributed by atoms with Crippen LogP contribution < -0.4 is 19.7 Å². The molecule has 1 fully saturated rings. The maximum Gasteiger partial charge on any atom is 0.573 e. The fourth-order valence-electron chi connectivity index (χ4n) is 4.57. The largest absolute Gasteiger partial charge is 0.573 e. The minimum atomic E-state index is -4.79. The second-order valence-electron chi connectivity index (χ2n) is 10.2. The van der Waals surface area contributed by atoms with Crippen molar-refractivity contribution < 1.29 is 32.2 Å². The quantitative estimate of drug-likeness (QED) is 0.207. The number of alkyl halides is 3. The van der Waals surface area contributed by atoms with E-state index in [0.717, 1.165) is 17.3 Å². The minimum absolute atomic E-state index is 0.0888. The van der Waals surface area contributed by atoms with Gasteiger partial charge in [-0.15, -0.1) is 18.3 Å². The molecule has 4 aromatic rings. The van der Waals surface area contributed by atoms with E-state index in [1.54, 1.807) is 30.3 Å². The Morgan fingerprint density at radius 1 is 1.11 bits per heavy atom. The predicted molar refractivity (Wildman–Crippen MR) is 170 cm³/mol. The van der Waals surface area contributed by atoms with Gasteiger partial charge in [0.05, 0.1) is 29.8 Å². The Balaban J connectivity index is 1.28. The molecule has 0 unspecified atom stereocenters. The molecule has 1 aliphatic rings. The standard InChI is InChI=1S/C32H26F3N7O4S/c1-19(2)26-13-12-25(45-3)14-27(26)42-28(43)17-47-31(42)39-30(44)37-16-22(15-36)20-4-6-21(7-5-20)29-38-18-41(40-29)23-8-10-24(11-9-23)46-32(33,34)35/h4-14,16,18-19H,17H2,1-3H3,(H,37,44)/b22-16+,39-31-. The van der Waals surface area contributed by atoms with E-state index >= 15 is 0 Å². The number of nitrogens with one attached hydrogen (secondary N) is 1. The fourth-order valence-corrected chi connectivity index (χ4v) is 5.42. The van der Waals surface area contributed by atoms with E-state index in [1.807, 2.05) is 32.0 Å². The normalized spacial score (nSPS) is 14.4. The van der Waals surface area contributed by atoms with Crippen molar-refractivity contribution in [3.63, 3.8) is 0 Å². The molecule has 11 nitrogen and oxygen atoms in total. The Morgan fingerprint density at radius 2 is 1.81 bits per heavy atom. The number of amides is 3. The number of halogens is 3. The number of thioether (sulfide) groups is 1. The van der Waals surface area contributed by atoms with Crippen molar-refractivity contribution in [2.24, 2.45) is 4.99 Å². The molecule has 0 radical (unpaired) electrons. The Morgan fingerprint density at radius 3 is 2.45 bits per heavy atom. The third kappa shape index (κ3) is 7.79. The first-order chi connectivity index (χ1) is 22.5. The third-order valence-electron chi connectivity index (χ3n) is 6.80. The Kier molecular flexibility index (Phi) is 9.62. The lowest BCUT2D eigenvalue weighted by Crippen LogP contribution is -2.31. The van der Waals surface area contributed by atoms with Gasteiger partial charge in [0.1, 0.15) is 23.9 Å². The Labute approximate surface area is 271 Å². The number of nitrogens with zero attached hydrogens (tertiary/aromatic N) is 6. The van der Waals surface area contributed by atoms with Gasteiger partial charge in [-0.25, -0.2) is 14.5 Å². The van der Waals surface area contributed by atoms with Gasteiger partial charge in [-0.2, -0.15) is 10.3 Å². The number of aliphatic imine (C=N–C) groups is 1. The van der Waals surface area contributed by atoms with Gasteiger partial charge in [-0.05, 0) is 47.4 Å². The van der Waals surface area contributed by atoms with E-state index in [0.29, 0.717) is 34.1 Å². The Hall–Kier alpha value is -5.62. The van der Waals surface area contributed by atoms with Crippen LogP contribution in [0.15, 0.2) is 84.2 Å². The van der Waals surface area contributed by atoms with Crippen LogP contribution in [0, 0.1) is 11.3 Å². The summed E-state index contributed by atoms with van der Waals surface area (Å²) in [7, 11) is 1.53. The molecule has 47 heavy (non-hydrogen) atoms. The van der Waals surface area contributed by atoms with Crippen molar-refractivity contribution in [2.45, 2.75) is 26.1 Å². The van der Waals surface area contributed by atoms with E-state index in [2.05, 4.69) is 25.1 Å². The molecule has 2 heterocycles. The number of benzene rings is 3. The molecule has 1 saturated heterocycles. The van der Waals surface area contributed by atoms with Crippen molar-refractivity contribution in [3.05, 3.63) is 90.4 Å². The first kappa shape index (κ1) is 32.8. The lowest BCUT2D eigenvalue weighted by Gasteiger charge is -2.22. The number of aromatic nitrogens is 3. The first-order valence-electron chi connectivity index (χ1n) is 14.0. The molecule has 1 aliphatic heterocycles. The highest BCUT2D eigenvalue weighted by molar-refractivity contribution is 8.15. The summed E-state index contributed by atoms with van der Waals surface area (Å²) in [4.78, 5) is 35.4. The van der Waals surface area contributed by atoms with Crippen LogP contribution in [0.4, 0.5) is 23.7 Å². The van der Waals surface area contributed by atoms with Crippen LogP contribution in [-0.4, -0.2) is 51.1 Å². The summed E-state index contributed by atoms with van der Waals surface area (Å²) in [6.07, 6.45) is -2.14. The molecule has 240 valence electrons. The SMILES string of the molecule is COc1ccc(C(C)C)c(N2C(=O)CS/C2=N\C(=O)N/C=C(\C#N)c2ccc(-c3ncn(-c4ccc(OC(F)(F)F)cc4)n3)cc2)c1. The number of amidine groups is 1. The minimum Gasteiger partial charge on any atom is -0.497 e. The molecule has 3 amide bonds. The number of anilines is 1. The van der Waals surface area contributed by atoms with Gasteiger partial charge in [-0.3, -0.25) is 9.69 Å². The van der Waals surface area contributed by atoms with Gasteiger partial charge in [0.15, 0.2) is 11.0 Å². The average molecular weight is 662 g/mol. The molecule has 0 spiro atoms. The van der Waals surface area contributed by atoms with Crippen LogP contribution >= 0.6 is 11.8 Å². The van der Waals surface area contributed by atoms with E-state index in [9.17, 15) is 28.0 Å². The third-order valence-corrected chi connectivity index (χ3v) is 7.73. The zero-order valence-corrected chi connectivity index (χ0v) is 26.0. The molecule has 5 rings (SSSR count). The summed E-state index contributed by atoms with van der Waals surface area (Å²) >= 11 is 1.13. The average Bonchev–Trinajstić information content (AvgIpc) is 3.68. The van der Waals surface area contributed by atoms with E-state index in [-0.39, 0.29) is 34.1 Å². The predicted octanol–water partition coefficient (Wildman–Crippen LogP) is 6.67. The second kappa shape index (κ2) is 13.8. The van der Waals surface area contributed by atoms with Crippen molar-refractivity contribution >= 4 is 40.1 Å². The number of carbonyl (C=O) groups is 2. The van der Waals surface area contributed by atoms with Crippen molar-refractivity contribution in [3.8, 4) is 34.6 Å². The zero-order valence-electron chi connectivity index (χ0n) is 25.1. The number of allylic oxidation sites excluding steroid dienone is 1. The lowest BCUT2D eigenvalue weighted by molar-refractivity contribution is -0.274. The molecule has 15 heteroatoms. The summed E-state index contributed by atoms with van der Waals surface area (Å²) in [5.41, 5.74) is 3.19. The highest BCUT2D eigenvalue weighted by Gasteiger charge is 2.33. The zero-order chi connectivity index (χ0) is 33.7. The van der Waals surface area contributed by atoms with Crippen LogP contribution in [0.3, 0.4) is 0 Å². The molecule has 1 N–H and O–H groups in total. The van der Waals surface area contributed by atoms with Gasteiger partial charge in [-0.1, -0.05) is 55.9 Å². The van der Waals surface area contributed by atoms with E-state index in [4.69, 9.17) is 4.74 Å². The number of rotatable bonds is 8. The summed E-state index contributed by atoms with van der Waals surface area (Å²) in [5.74, 6) is 0.517. The highest BCUT2D eigenvalue weighted by atomic mass is 32.2. The van der Waals surface area contributed by atoms with Crippen LogP contribution in [0.25, 0.3) is 22.6 Å². The first-order valence-corrected chi connectivity index (χ1v) is 15.0. The van der Waals surface area contributed by atoms with Gasteiger partial charge in [0, 0.05) is 17.8 Å². The lowest BCUT2D eigenvalue weighted by atomic mass is 10.00. The molecule has 0 atom stereocenters. The van der Waals surface area contributed by atoms with Crippen LogP contribution in [-0.2, 0) is 4.79 Å². The van der Waals surface area contributed by atoms with Gasteiger partial charge in [0.25, 0.3) is 0 Å². The molecule has 3 aromatic carbocycles. The fraction of sp³-hybridized carbons (Fsp3) is 0.188. The van der Waals surface area contributed by atoms with Crippen LogP contribution in [0.1, 0.15) is 30.9 Å². The molecule has 0 aliphatic carbocycles. The van der Waals surface area contributed by atoms with Crippen molar-refractivity contribution in [1.29, 1.82) is 5.26 Å². The summed E-state index contributed by atoms with van der Waals surface area (Å²) in [6, 6.07) is 18.5. The molecular weight excluding hydrogens is 635 g/mol. The van der Waals surface area contributed by atoms with Gasteiger partial charge >= 0.3 is 12.4 Å². The van der Waals surface area contributed by atoms with Crippen molar-refractivity contribution in [1.82, 2.24) is 20.1 Å². The number of methoxy groups -OCH3 is 1. The molecular formula is C32H26F3N7O4S. The second-order valence-corrected chi connectivity index (χ2v) is 11.2. The topological polar surface area (TPSA) is 135 Å². The number of nitriles is 1. The van der Waals surface area contributed by atoms with E-state index < -0.39 is 12.4 Å². The van der Waals surface area contributed by atoms with Crippen LogP contribution in [0.2, 0.25) is 0 Å². The highest BCUT2D eigenvalue weighted by Crippen LogP contribution is 2.36. The molecule has 0 saturated carbocycles. The van der Waals surface area contributed by atoms with Crippen LogP contribution in [0.5, 0.6) is 11.5 Å². The summed E-state index contributed by atoms with van der Waals surface area (Å²) in [5, 5.41) is 16.8. The number of urea groups is 1. The monoisotopic (exact) mass is 661 g/mol. The van der Waals surface area contributed by atoms with Crippen molar-refractivity contribution in [2.75, 3.05) is 17.8 Å². The number of carbonyl (C=O) groups excluding carboxylic acids is 2.